The van der Waals surface area contributed by atoms with Crippen LogP contribution in [0.5, 0.6) is 11.5 Å². The number of hydroxylamine groups is 1. The molecule has 5 heterocycles. The molecule has 129 heavy (non-hydrogen) atoms. The number of alkyl carbamates (subject to hydrolysis) is 1. The first-order valence-corrected chi connectivity index (χ1v) is 48.1. The van der Waals surface area contributed by atoms with Crippen molar-refractivity contribution in [2.45, 2.75) is 307 Å². The van der Waals surface area contributed by atoms with E-state index in [9.17, 15) is 78.3 Å². The first kappa shape index (κ1) is 105. The number of allylic oxidation sites excluding steroid dienone is 3. The van der Waals surface area contributed by atoms with Gasteiger partial charge in [-0.05, 0) is 164 Å². The lowest BCUT2D eigenvalue weighted by Gasteiger charge is -2.46. The van der Waals surface area contributed by atoms with Crippen LogP contribution in [0.25, 0.3) is 0 Å². The van der Waals surface area contributed by atoms with Crippen molar-refractivity contribution in [3.63, 3.8) is 0 Å². The summed E-state index contributed by atoms with van der Waals surface area (Å²) in [5.74, 6) is 8.59. The van der Waals surface area contributed by atoms with Crippen LogP contribution in [0.15, 0.2) is 71.4 Å². The third kappa shape index (κ3) is 28.9. The van der Waals surface area contributed by atoms with E-state index in [4.69, 9.17) is 52.2 Å². The maximum absolute atomic E-state index is 14.5. The topological polar surface area (TPSA) is 442 Å². The van der Waals surface area contributed by atoms with Gasteiger partial charge in [0, 0.05) is 128 Å². The van der Waals surface area contributed by atoms with Crippen molar-refractivity contribution in [3.05, 3.63) is 97.2 Å². The Kier molecular flexibility index (Phi) is 40.1. The number of imide groups is 1. The number of aliphatic hydroxyl groups is 5. The minimum Gasteiger partial charge on any atom is -0.496 e. The van der Waals surface area contributed by atoms with E-state index >= 15 is 0 Å². The molecular weight excluding hydrogens is 1840 g/mol. The maximum Gasteiger partial charge on any atom is 0.407 e. The number of halogens is 1. The molecule has 5 aliphatic heterocycles. The molecule has 4 saturated heterocycles. The van der Waals surface area contributed by atoms with Crippen LogP contribution in [0.1, 0.15) is 200 Å². The number of amides is 5. The molecule has 5 amide bonds. The summed E-state index contributed by atoms with van der Waals surface area (Å²) in [6, 6.07) is 4.73. The van der Waals surface area contributed by atoms with Gasteiger partial charge < -0.3 is 93.6 Å². The largest absolute Gasteiger partial charge is 0.496 e. The quantitative estimate of drug-likeness (QED) is 0.00744. The molecule has 0 spiro atoms. The van der Waals surface area contributed by atoms with Gasteiger partial charge in [0.1, 0.15) is 72.1 Å². The number of aliphatic hydroxyl groups excluding tert-OH is 4. The van der Waals surface area contributed by atoms with Gasteiger partial charge in [0.15, 0.2) is 36.0 Å². The number of benzene rings is 2. The zero-order chi connectivity index (χ0) is 94.5. The first-order chi connectivity index (χ1) is 61.2. The van der Waals surface area contributed by atoms with Gasteiger partial charge in [0.25, 0.3) is 11.8 Å². The van der Waals surface area contributed by atoms with Crippen molar-refractivity contribution in [2.24, 2.45) is 23.7 Å². The van der Waals surface area contributed by atoms with Crippen LogP contribution in [0.2, 0.25) is 0 Å². The third-order valence-electron chi connectivity index (χ3n) is 24.0. The van der Waals surface area contributed by atoms with E-state index < -0.39 is 149 Å². The molecule has 36 heteroatoms. The van der Waals surface area contributed by atoms with Crippen LogP contribution in [0, 0.1) is 64.8 Å². The van der Waals surface area contributed by atoms with Gasteiger partial charge in [-0.2, -0.15) is 5.48 Å². The van der Waals surface area contributed by atoms with Gasteiger partial charge in [0.05, 0.1) is 71.0 Å². The SMILES string of the molecule is CCC(C)[C@H](NC(=O)CCCCCN1C(=O)C=CC1=O)C(=O)C[C@@H](C)C(=O)Nc1ccc(COC(=O)NCCCC(=O)CCC(C)(C)SSC/C=C2/C3=C(CC(C)=O)C(=O)C[C@@]2(O)C#C/C=C\C#C[C@@H]3OC2OC(C)C(NOC3CC(O)C(SC(=O)c4c(C)c(I)c(OC5OC(C)C(O)C(OC)C5O)c(C)c4OC)C(C)O3)C(O)C2OC2CC(C)C(CC(C)=O)CO2)cc1. The van der Waals surface area contributed by atoms with E-state index in [0.717, 1.165) is 16.7 Å². The summed E-state index contributed by atoms with van der Waals surface area (Å²) in [7, 11) is 5.67. The molecule has 7 aliphatic rings. The highest BCUT2D eigenvalue weighted by molar-refractivity contribution is 14.1. The Morgan fingerprint density at radius 3 is 2.17 bits per heavy atom. The molecule has 9 N–H and O–H groups in total. The van der Waals surface area contributed by atoms with Gasteiger partial charge in [0.2, 0.25) is 23.2 Å². The van der Waals surface area contributed by atoms with E-state index in [0.29, 0.717) is 64.5 Å². The Hall–Kier alpha value is -7.29. The number of ether oxygens (including phenoxy) is 10. The summed E-state index contributed by atoms with van der Waals surface area (Å²) in [4.78, 5) is 152. The average molecular weight is 1970 g/mol. The highest BCUT2D eigenvalue weighted by Gasteiger charge is 2.52. The second-order valence-corrected chi connectivity index (χ2v) is 39.9. The van der Waals surface area contributed by atoms with Gasteiger partial charge in [-0.25, -0.2) is 4.79 Å². The Labute approximate surface area is 779 Å². The summed E-state index contributed by atoms with van der Waals surface area (Å²) in [6.07, 6.45) is -7.32. The Balaban J connectivity index is 0.776. The van der Waals surface area contributed by atoms with E-state index in [1.165, 1.54) is 74.0 Å². The number of ketones is 5. The highest BCUT2D eigenvalue weighted by atomic mass is 127. The molecule has 0 radical (unpaired) electrons. The second kappa shape index (κ2) is 49.1. The number of unbranched alkanes of at least 4 members (excludes halogenated alkanes) is 2. The third-order valence-corrected chi connectivity index (χ3v) is 29.8. The average Bonchev–Trinajstić information content (AvgIpc) is 1.63. The fraction of sp³-hybridized carbons (Fsp3) is 0.624. The normalized spacial score (nSPS) is 28.8. The standard InChI is InChI=1S/C93H124IN5O27S3/c1-16-49(2)77(97-69(106)27-21-19-23-39-99-70(107)32-33-71(99)108)65(103)41-51(4)87(112)96-61-30-28-59(29-31-61)47-119-91(114)95-38-24-25-62(102)34-37-92(12,13)129-127-40-35-64-75-63(44-53(6)101)67(105)46-93(64,115)36-22-18-17-20-26-68(75)123-90-85(124-72-42-50(3)60(48-118-72)43-52(5)100)80(110)78(56(9)121-90)98-126-73-45-66(104)86(58(11)120-73)128-88(113)74-54(7)76(94)83(55(8)82(74)116-14)125-89-81(111)84(117-15)79(109)57(10)122-89/h17-18,28-33,35,49-51,56-58,60,66,68,72-73,77-81,84-86,89-90,98,104,109-111,115H,16,19,21,23-25,27,34,37-48H2,1-15H3,(H,95,114)(H,96,112)(H,97,106)/b18-17-,64-35-/t49?,50?,51-,56?,57?,58?,60?,66?,68+,72?,73?,77+,78?,79?,80?,81?,84?,85?,86?,89?,90?,93+/m1/s1. The molecule has 4 fully saturated rings. The lowest BCUT2D eigenvalue weighted by molar-refractivity contribution is -0.335. The fourth-order valence-electron chi connectivity index (χ4n) is 16.2. The molecule has 2 bridgehead atoms. The van der Waals surface area contributed by atoms with Gasteiger partial charge in [-0.1, -0.05) is 116 Å². The molecule has 9 rings (SSSR count). The minimum atomic E-state index is -2.13. The number of thioether (sulfide) groups is 1. The molecule has 2 aromatic rings. The van der Waals surface area contributed by atoms with E-state index in [-0.39, 0.29) is 176 Å². The monoisotopic (exact) mass is 1970 g/mol. The molecule has 18 unspecified atom stereocenters. The first-order valence-electron chi connectivity index (χ1n) is 43.8. The molecule has 2 aromatic carbocycles. The van der Waals surface area contributed by atoms with Crippen LogP contribution in [-0.2, 0) is 92.5 Å². The molecule has 0 aromatic heterocycles. The Morgan fingerprint density at radius 2 is 1.50 bits per heavy atom. The van der Waals surface area contributed by atoms with E-state index in [1.54, 1.807) is 71.9 Å². The predicted octanol–water partition coefficient (Wildman–Crippen LogP) is 9.51. The number of anilines is 1. The fourth-order valence-corrected chi connectivity index (χ4v) is 20.5. The summed E-state index contributed by atoms with van der Waals surface area (Å²) in [5.41, 5.74) is 3.22. The molecule has 22 atom stereocenters. The number of hydrogen-bond acceptors (Lipinski definition) is 31. The van der Waals surface area contributed by atoms with Crippen LogP contribution in [-0.4, -0.2) is 248 Å². The number of methoxy groups -OCH3 is 2. The lowest BCUT2D eigenvalue weighted by Crippen LogP contribution is -2.64. The van der Waals surface area contributed by atoms with E-state index in [2.05, 4.69) is 45.1 Å². The number of hydrogen-bond donors (Lipinski definition) is 9. The van der Waals surface area contributed by atoms with Crippen LogP contribution >= 0.6 is 55.9 Å². The Morgan fingerprint density at radius 1 is 0.798 bits per heavy atom. The molecule has 708 valence electrons. The highest BCUT2D eigenvalue weighted by Crippen LogP contribution is 2.47. The number of fused-ring (bicyclic) bond motifs is 2. The van der Waals surface area contributed by atoms with Gasteiger partial charge >= 0.3 is 6.09 Å². The second-order valence-electron chi connectivity index (χ2n) is 34.6. The predicted molar refractivity (Wildman–Crippen MR) is 489 cm³/mol. The van der Waals surface area contributed by atoms with Crippen LogP contribution in [0.3, 0.4) is 0 Å². The lowest BCUT2D eigenvalue weighted by atomic mass is 9.72. The van der Waals surface area contributed by atoms with E-state index in [1.807, 2.05) is 57.2 Å². The summed E-state index contributed by atoms with van der Waals surface area (Å²) < 4.78 is 61.7. The number of Topliss-reactive ketones (excluding diaryl/α,β-unsaturated/α-hetero) is 5. The van der Waals surface area contributed by atoms with Crippen LogP contribution < -0.4 is 30.9 Å². The van der Waals surface area contributed by atoms with Crippen molar-refractivity contribution < 1.29 is 130 Å². The smallest absolute Gasteiger partial charge is 0.407 e. The number of carbonyl (C=O) groups is 11. The van der Waals surface area contributed by atoms with Gasteiger partial charge in [-0.15, -0.1) is 0 Å². The zero-order valence-corrected chi connectivity index (χ0v) is 80.3. The minimum absolute atomic E-state index is 0.0135. The summed E-state index contributed by atoms with van der Waals surface area (Å²) in [5, 5.41) is 66.1. The molecule has 2 aliphatic carbocycles. The number of nitrogens with one attached hydrogen (secondary N) is 4. The zero-order valence-electron chi connectivity index (χ0n) is 75.7. The van der Waals surface area contributed by atoms with Crippen LogP contribution in [0.4, 0.5) is 10.5 Å². The number of nitrogens with zero attached hydrogens (tertiary/aromatic N) is 1. The van der Waals surface area contributed by atoms with Gasteiger partial charge in [-0.3, -0.25) is 52.9 Å². The van der Waals surface area contributed by atoms with Crippen molar-refractivity contribution in [1.29, 1.82) is 0 Å². The number of carbonyl (C=O) groups excluding carboxylic acids is 11. The van der Waals surface area contributed by atoms with Crippen molar-refractivity contribution in [3.8, 4) is 35.2 Å². The Bertz CT molecular complexity index is 4610. The molecular formula is C93H124IN5O27S3. The van der Waals surface area contributed by atoms with Crippen molar-refractivity contribution >= 4 is 125 Å². The molecule has 0 saturated carbocycles. The van der Waals surface area contributed by atoms with Crippen molar-refractivity contribution in [2.75, 3.05) is 45.0 Å². The summed E-state index contributed by atoms with van der Waals surface area (Å²) >= 11 is 2.90. The number of rotatable bonds is 44. The van der Waals surface area contributed by atoms with Crippen molar-refractivity contribution in [1.82, 2.24) is 21.0 Å². The molecule has 32 nitrogen and oxygen atoms in total. The summed E-state index contributed by atoms with van der Waals surface area (Å²) in [6.45, 7) is 23.0. The maximum atomic E-state index is 14.5.